The van der Waals surface area contributed by atoms with Crippen LogP contribution < -0.4 is 0 Å². The molecule has 27 heavy (non-hydrogen) atoms. The second-order valence-corrected chi connectivity index (χ2v) is 13.7. The number of hydrogen-bond donors (Lipinski definition) is 0. The molecule has 0 unspecified atom stereocenters. The van der Waals surface area contributed by atoms with Gasteiger partial charge in [-0.3, -0.25) is 0 Å². The van der Waals surface area contributed by atoms with Gasteiger partial charge in [0.1, 0.15) is 0 Å². The Morgan fingerprint density at radius 1 is 1.19 bits per heavy atom. The van der Waals surface area contributed by atoms with Crippen molar-refractivity contribution in [2.24, 2.45) is 0 Å². The number of nitrogens with zero attached hydrogens (tertiary/aromatic N) is 1. The van der Waals surface area contributed by atoms with Crippen LogP contribution in [0.5, 0.6) is 0 Å². The normalized spacial score (nSPS) is 20.1. The average Bonchev–Trinajstić information content (AvgIpc) is 3.02. The van der Waals surface area contributed by atoms with Crippen molar-refractivity contribution in [3.05, 3.63) is 67.3 Å². The number of allylic oxidation sites excluding steroid dienone is 1. The molecule has 1 aromatic carbocycles. The second-order valence-electron chi connectivity index (χ2n) is 7.60. The Labute approximate surface area is 165 Å². The Morgan fingerprint density at radius 2 is 1.85 bits per heavy atom. The van der Waals surface area contributed by atoms with Gasteiger partial charge in [0.25, 0.3) is 0 Å². The molecule has 4 nitrogen and oxygen atoms in total. The van der Waals surface area contributed by atoms with Crippen molar-refractivity contribution in [2.75, 3.05) is 6.54 Å². The van der Waals surface area contributed by atoms with Crippen molar-refractivity contribution in [3.63, 3.8) is 0 Å². The van der Waals surface area contributed by atoms with Gasteiger partial charge in [0.15, 0.2) is 8.32 Å². The van der Waals surface area contributed by atoms with Crippen LogP contribution in [0, 0.1) is 6.92 Å². The van der Waals surface area contributed by atoms with E-state index in [1.54, 1.807) is 22.5 Å². The predicted octanol–water partition coefficient (Wildman–Crippen LogP) is 4.67. The number of benzene rings is 1. The van der Waals surface area contributed by atoms with Crippen LogP contribution in [0.4, 0.5) is 0 Å². The Kier molecular flexibility index (Phi) is 7.39. The Hall–Kier alpha value is -1.47. The molecule has 0 spiro atoms. The highest BCUT2D eigenvalue weighted by Crippen LogP contribution is 2.28. The molecule has 1 aliphatic carbocycles. The van der Waals surface area contributed by atoms with Gasteiger partial charge < -0.3 is 4.43 Å². The van der Waals surface area contributed by atoms with Gasteiger partial charge in [-0.25, -0.2) is 8.42 Å². The molecule has 0 saturated carbocycles. The van der Waals surface area contributed by atoms with Gasteiger partial charge in [-0.1, -0.05) is 42.0 Å². The standard InChI is InChI=1S/C21H31NO3SSi/c1-6-8-15-22(26(23,24)21-13-9-18(3)10-14-21)19-11-12-20(17-19)25-27(4,5)16-7-2/h6-7,9-14,19-20H,1-2,8,15-17H2,3-5H3/t19-,20-/m1/s1. The van der Waals surface area contributed by atoms with E-state index in [1.807, 2.05) is 37.3 Å². The van der Waals surface area contributed by atoms with Gasteiger partial charge in [-0.15, -0.1) is 13.2 Å². The van der Waals surface area contributed by atoms with E-state index in [1.165, 1.54) is 0 Å². The van der Waals surface area contributed by atoms with E-state index in [-0.39, 0.29) is 12.1 Å². The van der Waals surface area contributed by atoms with Crippen molar-refractivity contribution in [1.29, 1.82) is 0 Å². The van der Waals surface area contributed by atoms with E-state index in [0.717, 1.165) is 11.6 Å². The summed E-state index contributed by atoms with van der Waals surface area (Å²) in [4.78, 5) is 0.330. The van der Waals surface area contributed by atoms with Crippen molar-refractivity contribution in [2.45, 2.75) is 55.9 Å². The Balaban J connectivity index is 2.20. The molecule has 2 atom stereocenters. The van der Waals surface area contributed by atoms with Crippen molar-refractivity contribution in [3.8, 4) is 0 Å². The molecule has 0 radical (unpaired) electrons. The Morgan fingerprint density at radius 3 is 2.44 bits per heavy atom. The first-order valence-corrected chi connectivity index (χ1v) is 13.9. The molecule has 0 saturated heterocycles. The molecule has 2 rings (SSSR count). The monoisotopic (exact) mass is 405 g/mol. The van der Waals surface area contributed by atoms with Gasteiger partial charge in [0.2, 0.25) is 10.0 Å². The average molecular weight is 406 g/mol. The molecule has 148 valence electrons. The van der Waals surface area contributed by atoms with E-state index in [2.05, 4.69) is 26.3 Å². The summed E-state index contributed by atoms with van der Waals surface area (Å²) in [5.41, 5.74) is 1.04. The summed E-state index contributed by atoms with van der Waals surface area (Å²) in [7, 11) is -5.40. The minimum Gasteiger partial charge on any atom is -0.411 e. The smallest absolute Gasteiger partial charge is 0.243 e. The molecular formula is C21H31NO3SSi. The van der Waals surface area contributed by atoms with Crippen LogP contribution in [-0.4, -0.2) is 39.7 Å². The topological polar surface area (TPSA) is 46.6 Å². The van der Waals surface area contributed by atoms with E-state index in [4.69, 9.17) is 4.43 Å². The summed E-state index contributed by atoms with van der Waals surface area (Å²) < 4.78 is 34.4. The Bertz CT molecular complexity index is 784. The fraction of sp³-hybridized carbons (Fsp3) is 0.429. The molecule has 1 aliphatic rings. The van der Waals surface area contributed by atoms with Crippen LogP contribution in [0.25, 0.3) is 0 Å². The zero-order chi connectivity index (χ0) is 20.1. The summed E-state index contributed by atoms with van der Waals surface area (Å²) in [5.74, 6) is 0. The predicted molar refractivity (Wildman–Crippen MR) is 115 cm³/mol. The first-order chi connectivity index (χ1) is 12.7. The molecule has 0 N–H and O–H groups in total. The summed E-state index contributed by atoms with van der Waals surface area (Å²) in [6.07, 6.45) is 8.85. The highest BCUT2D eigenvalue weighted by Gasteiger charge is 2.35. The van der Waals surface area contributed by atoms with E-state index >= 15 is 0 Å². The fourth-order valence-electron chi connectivity index (χ4n) is 3.28. The molecule has 0 aliphatic heterocycles. The number of rotatable bonds is 10. The zero-order valence-corrected chi connectivity index (χ0v) is 18.4. The lowest BCUT2D eigenvalue weighted by Gasteiger charge is -2.30. The molecule has 0 aromatic heterocycles. The first kappa shape index (κ1) is 21.8. The SMILES string of the molecule is C=CCCN([C@@H]1C=C[C@@H](O[Si](C)(C)CC=C)C1)S(=O)(=O)c1ccc(C)cc1. The molecule has 0 heterocycles. The summed E-state index contributed by atoms with van der Waals surface area (Å²) in [5, 5.41) is 0. The van der Waals surface area contributed by atoms with Gasteiger partial charge in [-0.05, 0) is 51.0 Å². The number of aryl methyl sites for hydroxylation is 1. The lowest BCUT2D eigenvalue weighted by atomic mass is 10.2. The highest BCUT2D eigenvalue weighted by atomic mass is 32.2. The van der Waals surface area contributed by atoms with Gasteiger partial charge >= 0.3 is 0 Å². The quantitative estimate of drug-likeness (QED) is 0.420. The number of sulfonamides is 1. The van der Waals surface area contributed by atoms with Crippen molar-refractivity contribution >= 4 is 18.3 Å². The third-order valence-corrected chi connectivity index (χ3v) is 8.83. The minimum atomic E-state index is -3.58. The van der Waals surface area contributed by atoms with Crippen LogP contribution in [0.3, 0.4) is 0 Å². The van der Waals surface area contributed by atoms with Gasteiger partial charge in [0.05, 0.1) is 11.0 Å². The lowest BCUT2D eigenvalue weighted by molar-refractivity contribution is 0.214. The van der Waals surface area contributed by atoms with Gasteiger partial charge in [-0.2, -0.15) is 4.31 Å². The zero-order valence-electron chi connectivity index (χ0n) is 16.6. The van der Waals surface area contributed by atoms with Crippen LogP contribution >= 0.6 is 0 Å². The maximum Gasteiger partial charge on any atom is 0.243 e. The summed E-state index contributed by atoms with van der Waals surface area (Å²) in [6, 6.07) is 7.70. The van der Waals surface area contributed by atoms with E-state index in [0.29, 0.717) is 24.3 Å². The minimum absolute atomic E-state index is 0.0453. The van der Waals surface area contributed by atoms with Crippen LogP contribution in [0.1, 0.15) is 18.4 Å². The molecule has 0 bridgehead atoms. The number of hydrogen-bond acceptors (Lipinski definition) is 3. The third-order valence-electron chi connectivity index (χ3n) is 4.68. The van der Waals surface area contributed by atoms with Crippen LogP contribution in [0.2, 0.25) is 19.1 Å². The fourth-order valence-corrected chi connectivity index (χ4v) is 6.68. The molecular weight excluding hydrogens is 374 g/mol. The molecule has 0 amide bonds. The van der Waals surface area contributed by atoms with Crippen molar-refractivity contribution in [1.82, 2.24) is 4.31 Å². The molecule has 6 heteroatoms. The lowest BCUT2D eigenvalue weighted by Crippen LogP contribution is -2.41. The third kappa shape index (κ3) is 5.75. The summed E-state index contributed by atoms with van der Waals surface area (Å²) >= 11 is 0. The maximum absolute atomic E-state index is 13.2. The summed E-state index contributed by atoms with van der Waals surface area (Å²) in [6.45, 7) is 14.2. The van der Waals surface area contributed by atoms with E-state index < -0.39 is 18.3 Å². The van der Waals surface area contributed by atoms with Gasteiger partial charge in [0, 0.05) is 12.6 Å². The van der Waals surface area contributed by atoms with E-state index in [9.17, 15) is 8.42 Å². The molecule has 1 aromatic rings. The first-order valence-electron chi connectivity index (χ1n) is 9.36. The van der Waals surface area contributed by atoms with Crippen LogP contribution in [-0.2, 0) is 14.4 Å². The second kappa shape index (κ2) is 9.15. The maximum atomic E-state index is 13.2. The largest absolute Gasteiger partial charge is 0.411 e. The highest BCUT2D eigenvalue weighted by molar-refractivity contribution is 7.89. The van der Waals surface area contributed by atoms with Crippen LogP contribution in [0.15, 0.2) is 66.6 Å². The molecule has 0 fully saturated rings. The van der Waals surface area contributed by atoms with Crippen molar-refractivity contribution < 1.29 is 12.8 Å².